The molecular weight excluding hydrogens is 685 g/mol. The molecule has 15 heteroatoms. The smallest absolute Gasteiger partial charge is 0.451 e. The predicted octanol–water partition coefficient (Wildman–Crippen LogP) is 7.04. The summed E-state index contributed by atoms with van der Waals surface area (Å²) in [5.74, 6) is -10.1. The number of carbonyl (C=O) groups is 2. The highest BCUT2D eigenvalue weighted by Gasteiger charge is 2.53. The Morgan fingerprint density at radius 1 is 1.08 bits per heavy atom. The Morgan fingerprint density at radius 3 is 2.62 bits per heavy atom. The zero-order valence-corrected chi connectivity index (χ0v) is 27.4. The highest BCUT2D eigenvalue weighted by Crippen LogP contribution is 2.58. The molecule has 4 aromatic rings. The average molecular weight is 714 g/mol. The molecule has 1 amide bonds. The van der Waals surface area contributed by atoms with E-state index in [1.165, 1.54) is 33.2 Å². The van der Waals surface area contributed by atoms with Crippen LogP contribution < -0.4 is 15.2 Å². The number of hydrogen-bond acceptors (Lipinski definition) is 8. The molecule has 2 aliphatic heterocycles. The van der Waals surface area contributed by atoms with Crippen molar-refractivity contribution < 1.29 is 45.8 Å². The summed E-state index contributed by atoms with van der Waals surface area (Å²) in [5, 5.41) is 3.28. The van der Waals surface area contributed by atoms with E-state index in [2.05, 4.69) is 4.74 Å². The number of rotatable bonds is 5. The van der Waals surface area contributed by atoms with Gasteiger partial charge in [-0.2, -0.15) is 0 Å². The van der Waals surface area contributed by atoms with Gasteiger partial charge in [-0.1, -0.05) is 30.3 Å². The summed E-state index contributed by atoms with van der Waals surface area (Å²) in [4.78, 5) is 41.2. The molecule has 50 heavy (non-hydrogen) atoms. The molecule has 9 nitrogen and oxygen atoms in total. The van der Waals surface area contributed by atoms with Crippen LogP contribution in [-0.2, 0) is 21.8 Å². The number of fused-ring (bicyclic) bond motifs is 4. The van der Waals surface area contributed by atoms with Gasteiger partial charge in [-0.3, -0.25) is 19.3 Å². The molecule has 2 aliphatic carbocycles. The first-order valence-electron chi connectivity index (χ1n) is 15.8. The molecule has 4 heterocycles. The van der Waals surface area contributed by atoms with Crippen LogP contribution in [0.2, 0.25) is 0 Å². The number of hydrogen-bond donors (Lipinski definition) is 0. The van der Waals surface area contributed by atoms with E-state index in [1.54, 1.807) is 28.6 Å². The predicted molar refractivity (Wildman–Crippen MR) is 171 cm³/mol. The molecule has 2 aromatic carbocycles. The maximum Gasteiger partial charge on any atom is 0.510 e. The number of pyridine rings is 1. The van der Waals surface area contributed by atoms with E-state index in [4.69, 9.17) is 9.47 Å². The van der Waals surface area contributed by atoms with Gasteiger partial charge in [0, 0.05) is 47.2 Å². The minimum atomic E-state index is -3.56. The fraction of sp³-hybridized carbons (Fsp3) is 0.343. The number of amides is 1. The monoisotopic (exact) mass is 713 g/mol. The number of carbonyl (C=O) groups excluding carboxylic acids is 2. The van der Waals surface area contributed by atoms with Crippen molar-refractivity contribution in [2.75, 3.05) is 25.5 Å². The zero-order valence-electron chi connectivity index (χ0n) is 26.6. The van der Waals surface area contributed by atoms with Crippen molar-refractivity contribution in [3.8, 4) is 27.3 Å². The van der Waals surface area contributed by atoms with Crippen LogP contribution in [0.4, 0.5) is 26.7 Å². The van der Waals surface area contributed by atoms with E-state index in [-0.39, 0.29) is 36.2 Å². The third-order valence-electron chi connectivity index (χ3n) is 10.0. The number of aromatic nitrogens is 1. The SMILES string of the molecule is COC(=O)OCOc1c2n(ccc1=O)N(C1c3ccccc3-c3scc4c3-c3c1ccc(F)c3C(F)(F)C4)C1CC(C(C)(F)F)CCN1C2=O. The van der Waals surface area contributed by atoms with Gasteiger partial charge < -0.3 is 19.1 Å². The number of halogens is 5. The van der Waals surface area contributed by atoms with Gasteiger partial charge in [-0.25, -0.2) is 26.7 Å². The largest absolute Gasteiger partial charge is 0.510 e. The summed E-state index contributed by atoms with van der Waals surface area (Å²) in [6.07, 6.45) is -1.84. The number of nitrogens with zero attached hydrogens (tertiary/aromatic N) is 3. The Kier molecular flexibility index (Phi) is 7.30. The van der Waals surface area contributed by atoms with Gasteiger partial charge in [0.05, 0.1) is 18.7 Å². The number of piperidine rings is 1. The highest BCUT2D eigenvalue weighted by atomic mass is 32.1. The van der Waals surface area contributed by atoms with Crippen molar-refractivity contribution in [3.63, 3.8) is 0 Å². The molecule has 0 N–H and O–H groups in total. The molecule has 2 aromatic heterocycles. The minimum Gasteiger partial charge on any atom is -0.451 e. The number of ether oxygens (including phenoxy) is 3. The third kappa shape index (κ3) is 4.72. The van der Waals surface area contributed by atoms with Gasteiger partial charge in [0.15, 0.2) is 5.69 Å². The van der Waals surface area contributed by atoms with Gasteiger partial charge in [-0.05, 0) is 53.5 Å². The highest BCUT2D eigenvalue weighted by molar-refractivity contribution is 7.14. The summed E-state index contributed by atoms with van der Waals surface area (Å²) in [7, 11) is 1.07. The second-order valence-electron chi connectivity index (χ2n) is 12.8. The molecule has 4 aliphatic rings. The first kappa shape index (κ1) is 32.3. The molecule has 0 radical (unpaired) electrons. The molecule has 8 rings (SSSR count). The Bertz CT molecular complexity index is 2150. The zero-order chi connectivity index (χ0) is 35.3. The topological polar surface area (TPSA) is 90.3 Å². The van der Waals surface area contributed by atoms with Crippen molar-refractivity contribution >= 4 is 23.4 Å². The van der Waals surface area contributed by atoms with Crippen LogP contribution in [0.25, 0.3) is 21.6 Å². The van der Waals surface area contributed by atoms with Crippen LogP contribution in [-0.4, -0.2) is 54.2 Å². The third-order valence-corrected chi connectivity index (χ3v) is 11.1. The maximum atomic E-state index is 15.9. The van der Waals surface area contributed by atoms with Crippen LogP contribution in [0.1, 0.15) is 58.5 Å². The number of benzene rings is 2. The second kappa shape index (κ2) is 11.3. The molecule has 3 atom stereocenters. The van der Waals surface area contributed by atoms with Crippen LogP contribution in [0.3, 0.4) is 0 Å². The van der Waals surface area contributed by atoms with Gasteiger partial charge in [0.2, 0.25) is 23.9 Å². The van der Waals surface area contributed by atoms with Gasteiger partial charge in [0.1, 0.15) is 12.0 Å². The average Bonchev–Trinajstić information content (AvgIpc) is 3.44. The number of thiophene rings is 1. The lowest BCUT2D eigenvalue weighted by Crippen LogP contribution is -2.65. The number of alkyl halides is 4. The lowest BCUT2D eigenvalue weighted by Gasteiger charge is -2.53. The van der Waals surface area contributed by atoms with Gasteiger partial charge in [0.25, 0.3) is 11.8 Å². The summed E-state index contributed by atoms with van der Waals surface area (Å²) >= 11 is 1.26. The fourth-order valence-electron chi connectivity index (χ4n) is 7.87. The molecule has 260 valence electrons. The summed E-state index contributed by atoms with van der Waals surface area (Å²) in [5.41, 5.74) is 0.591. The Hall–Kier alpha value is -4.92. The first-order valence-corrected chi connectivity index (χ1v) is 16.7. The van der Waals surface area contributed by atoms with Gasteiger partial charge >= 0.3 is 6.16 Å². The molecule has 3 unspecified atom stereocenters. The van der Waals surface area contributed by atoms with Crippen LogP contribution in [0.5, 0.6) is 5.75 Å². The summed E-state index contributed by atoms with van der Waals surface area (Å²) < 4.78 is 93.7. The molecule has 0 saturated carbocycles. The van der Waals surface area contributed by atoms with Gasteiger partial charge in [-0.15, -0.1) is 11.3 Å². The van der Waals surface area contributed by atoms with E-state index in [1.807, 2.05) is 6.07 Å². The quantitative estimate of drug-likeness (QED) is 0.125. The van der Waals surface area contributed by atoms with Crippen LogP contribution in [0.15, 0.2) is 58.8 Å². The minimum absolute atomic E-state index is 0.0101. The van der Waals surface area contributed by atoms with E-state index < -0.39 is 77.8 Å². The normalized spacial score (nSPS) is 21.3. The summed E-state index contributed by atoms with van der Waals surface area (Å²) in [6, 6.07) is 9.61. The van der Waals surface area contributed by atoms with Crippen molar-refractivity contribution in [1.29, 1.82) is 0 Å². The lowest BCUT2D eigenvalue weighted by atomic mass is 9.80. The van der Waals surface area contributed by atoms with Crippen LogP contribution >= 0.6 is 11.3 Å². The Balaban J connectivity index is 1.42. The molecule has 1 saturated heterocycles. The lowest BCUT2D eigenvalue weighted by molar-refractivity contribution is -0.0745. The van der Waals surface area contributed by atoms with Crippen molar-refractivity contribution in [2.45, 2.75) is 50.2 Å². The van der Waals surface area contributed by atoms with E-state index in [0.717, 1.165) is 26.2 Å². The van der Waals surface area contributed by atoms with E-state index in [0.29, 0.717) is 27.1 Å². The van der Waals surface area contributed by atoms with Crippen molar-refractivity contribution in [2.24, 2.45) is 5.92 Å². The van der Waals surface area contributed by atoms with Crippen LogP contribution in [0, 0.1) is 11.7 Å². The Morgan fingerprint density at radius 2 is 1.86 bits per heavy atom. The van der Waals surface area contributed by atoms with Crippen molar-refractivity contribution in [1.82, 2.24) is 9.58 Å². The van der Waals surface area contributed by atoms with E-state index in [9.17, 15) is 14.4 Å². The molecule has 0 spiro atoms. The second-order valence-corrected chi connectivity index (χ2v) is 13.7. The molecule has 1 fully saturated rings. The van der Waals surface area contributed by atoms with Crippen molar-refractivity contribution in [3.05, 3.63) is 98.0 Å². The fourth-order valence-corrected chi connectivity index (χ4v) is 8.99. The maximum absolute atomic E-state index is 15.9. The first-order chi connectivity index (χ1) is 23.8. The van der Waals surface area contributed by atoms with E-state index >= 15 is 22.0 Å². The standard InChI is InChI=1S/C35H28F5N3O6S/c1-34(37,38)18-9-11-41-24(13-18)43(42-12-10-23(44)30(29(42)32(41)45)48-16-49-33(46)47-2)28-19-5-3-4-6-20(19)31-25-17(15-50-31)14-35(39,40)27-22(36)8-7-21(28)26(25)27/h3-8,10,12,15,18,24,28H,9,11,13-14,16H2,1-2H3. The molecule has 0 bridgehead atoms. The number of methoxy groups -OCH3 is 1. The molecular formula is C35H28F5N3O6S. The Labute approximate surface area is 285 Å². The summed E-state index contributed by atoms with van der Waals surface area (Å²) in [6.45, 7) is -0.102.